The summed E-state index contributed by atoms with van der Waals surface area (Å²) in [5.74, 6) is 0.846. The fourth-order valence-corrected chi connectivity index (χ4v) is 2.44. The van der Waals surface area contributed by atoms with Gasteiger partial charge in [-0.05, 0) is 26.2 Å². The van der Waals surface area contributed by atoms with E-state index >= 15 is 0 Å². The van der Waals surface area contributed by atoms with Crippen molar-refractivity contribution < 1.29 is 14.0 Å². The lowest BCUT2D eigenvalue weighted by atomic mass is 9.93. The van der Waals surface area contributed by atoms with Crippen LogP contribution in [0.15, 0.2) is 9.52 Å². The molecule has 0 aromatic carbocycles. The summed E-state index contributed by atoms with van der Waals surface area (Å²) in [5.41, 5.74) is 9.54. The van der Waals surface area contributed by atoms with Gasteiger partial charge in [-0.3, -0.25) is 4.79 Å². The molecule has 114 valence electrons. The Kier molecular flexibility index (Phi) is 4.62. The number of nitrogens with one attached hydrogen (secondary N) is 2. The number of amides is 3. The number of aryl methyl sites for hydroxylation is 1. The quantitative estimate of drug-likeness (QED) is 0.730. The van der Waals surface area contributed by atoms with E-state index in [9.17, 15) is 9.59 Å². The molecular weight excluding hydrogens is 272 g/mol. The van der Waals surface area contributed by atoms with Crippen LogP contribution in [-0.4, -0.2) is 24.2 Å². The zero-order valence-electron chi connectivity index (χ0n) is 12.3. The molecule has 2 rings (SSSR count). The largest absolute Gasteiger partial charge is 0.455 e. The molecule has 1 aromatic heterocycles. The lowest BCUT2D eigenvalue weighted by molar-refractivity contribution is 0.0923. The van der Waals surface area contributed by atoms with Crippen molar-refractivity contribution in [3.05, 3.63) is 22.6 Å². The first-order chi connectivity index (χ1) is 10.0. The maximum atomic E-state index is 12.1. The van der Waals surface area contributed by atoms with E-state index in [1.807, 2.05) is 13.8 Å². The molecule has 0 saturated carbocycles. The van der Waals surface area contributed by atoms with Crippen LogP contribution >= 0.6 is 0 Å². The summed E-state index contributed by atoms with van der Waals surface area (Å²) >= 11 is 0. The Morgan fingerprint density at radius 3 is 2.81 bits per heavy atom. The molecule has 1 heterocycles. The molecule has 0 unspecified atom stereocenters. The maximum absolute atomic E-state index is 12.1. The highest BCUT2D eigenvalue weighted by Gasteiger charge is 2.27. The summed E-state index contributed by atoms with van der Waals surface area (Å²) in [7, 11) is 0. The van der Waals surface area contributed by atoms with Gasteiger partial charge in [0.15, 0.2) is 5.76 Å². The number of nitrogens with zero attached hydrogens (tertiary/aromatic N) is 1. The SMILES string of the molecule is CCCNC(=O)c1oc2c(c1C)/C(=N/NC(N)=O)CCC2. The highest BCUT2D eigenvalue weighted by molar-refractivity contribution is 6.06. The van der Waals surface area contributed by atoms with Crippen LogP contribution in [0.4, 0.5) is 4.79 Å². The van der Waals surface area contributed by atoms with Gasteiger partial charge in [-0.1, -0.05) is 6.92 Å². The van der Waals surface area contributed by atoms with Crippen LogP contribution in [0.25, 0.3) is 0 Å². The number of hydrogen-bond donors (Lipinski definition) is 3. The molecule has 1 aliphatic carbocycles. The smallest absolute Gasteiger partial charge is 0.332 e. The molecule has 1 aromatic rings. The molecule has 1 aliphatic rings. The van der Waals surface area contributed by atoms with Crippen molar-refractivity contribution in [1.82, 2.24) is 10.7 Å². The maximum Gasteiger partial charge on any atom is 0.332 e. The van der Waals surface area contributed by atoms with Gasteiger partial charge in [0, 0.05) is 24.1 Å². The van der Waals surface area contributed by atoms with E-state index in [2.05, 4.69) is 15.8 Å². The Morgan fingerprint density at radius 2 is 2.14 bits per heavy atom. The van der Waals surface area contributed by atoms with Crippen LogP contribution in [0.5, 0.6) is 0 Å². The standard InChI is InChI=1S/C14H20N4O3/c1-3-7-16-13(19)12-8(2)11-9(17-18-14(15)20)5-4-6-10(11)21-12/h3-7H2,1-2H3,(H,16,19)(H3,15,18,20)/b17-9+. The van der Waals surface area contributed by atoms with Gasteiger partial charge in [0.05, 0.1) is 5.71 Å². The first kappa shape index (κ1) is 15.1. The third kappa shape index (κ3) is 3.24. The van der Waals surface area contributed by atoms with Crippen LogP contribution < -0.4 is 16.5 Å². The molecule has 0 spiro atoms. The molecule has 0 saturated heterocycles. The number of urea groups is 1. The van der Waals surface area contributed by atoms with E-state index in [0.29, 0.717) is 24.4 Å². The van der Waals surface area contributed by atoms with E-state index in [-0.39, 0.29) is 5.91 Å². The average molecular weight is 292 g/mol. The lowest BCUT2D eigenvalue weighted by Gasteiger charge is -2.13. The van der Waals surface area contributed by atoms with Crippen LogP contribution in [0.1, 0.15) is 53.6 Å². The number of furan rings is 1. The molecule has 0 aliphatic heterocycles. The summed E-state index contributed by atoms with van der Waals surface area (Å²) in [6.45, 7) is 4.42. The lowest BCUT2D eigenvalue weighted by Crippen LogP contribution is -2.27. The van der Waals surface area contributed by atoms with Crippen LogP contribution in [0.3, 0.4) is 0 Å². The van der Waals surface area contributed by atoms with Gasteiger partial charge in [-0.15, -0.1) is 0 Å². The molecule has 4 N–H and O–H groups in total. The monoisotopic (exact) mass is 292 g/mol. The minimum absolute atomic E-state index is 0.217. The summed E-state index contributed by atoms with van der Waals surface area (Å²) in [6, 6.07) is -0.711. The van der Waals surface area contributed by atoms with E-state index in [4.69, 9.17) is 10.2 Å². The van der Waals surface area contributed by atoms with Crippen molar-refractivity contribution in [2.45, 2.75) is 39.5 Å². The van der Waals surface area contributed by atoms with Crippen LogP contribution in [0, 0.1) is 6.92 Å². The summed E-state index contributed by atoms with van der Waals surface area (Å²) in [5, 5.41) is 6.82. The van der Waals surface area contributed by atoms with Crippen LogP contribution in [0.2, 0.25) is 0 Å². The van der Waals surface area contributed by atoms with E-state index in [0.717, 1.165) is 36.1 Å². The average Bonchev–Trinajstić information content (AvgIpc) is 2.80. The predicted octanol–water partition coefficient (Wildman–Crippen LogP) is 1.44. The first-order valence-electron chi connectivity index (χ1n) is 7.07. The second-order valence-electron chi connectivity index (χ2n) is 5.00. The molecular formula is C14H20N4O3. The second-order valence-corrected chi connectivity index (χ2v) is 5.00. The van der Waals surface area contributed by atoms with Crippen molar-refractivity contribution in [2.24, 2.45) is 10.8 Å². The highest BCUT2D eigenvalue weighted by Crippen LogP contribution is 2.29. The van der Waals surface area contributed by atoms with Crippen molar-refractivity contribution in [1.29, 1.82) is 0 Å². The predicted molar refractivity (Wildman–Crippen MR) is 78.3 cm³/mol. The molecule has 21 heavy (non-hydrogen) atoms. The minimum atomic E-state index is -0.711. The zero-order valence-corrected chi connectivity index (χ0v) is 12.3. The molecule has 0 radical (unpaired) electrons. The van der Waals surface area contributed by atoms with E-state index in [1.54, 1.807) is 0 Å². The van der Waals surface area contributed by atoms with Gasteiger partial charge >= 0.3 is 6.03 Å². The molecule has 3 amide bonds. The normalized spacial score (nSPS) is 15.6. The minimum Gasteiger partial charge on any atom is -0.455 e. The number of hydrazone groups is 1. The Hall–Kier alpha value is -2.31. The fourth-order valence-electron chi connectivity index (χ4n) is 2.44. The van der Waals surface area contributed by atoms with Gasteiger partial charge in [-0.2, -0.15) is 5.10 Å². The van der Waals surface area contributed by atoms with Gasteiger partial charge < -0.3 is 15.5 Å². The van der Waals surface area contributed by atoms with Crippen molar-refractivity contribution in [3.63, 3.8) is 0 Å². The van der Waals surface area contributed by atoms with Crippen molar-refractivity contribution >= 4 is 17.6 Å². The summed E-state index contributed by atoms with van der Waals surface area (Å²) in [4.78, 5) is 22.9. The van der Waals surface area contributed by atoms with Gasteiger partial charge in [0.1, 0.15) is 5.76 Å². The number of rotatable bonds is 4. The fraction of sp³-hybridized carbons (Fsp3) is 0.500. The van der Waals surface area contributed by atoms with Crippen LogP contribution in [-0.2, 0) is 6.42 Å². The molecule has 0 bridgehead atoms. The highest BCUT2D eigenvalue weighted by atomic mass is 16.4. The number of fused-ring (bicyclic) bond motifs is 1. The second kappa shape index (κ2) is 6.43. The number of carbonyl (C=O) groups is 2. The molecule has 7 nitrogen and oxygen atoms in total. The Morgan fingerprint density at radius 1 is 1.38 bits per heavy atom. The number of primary amides is 1. The Balaban J connectivity index is 2.32. The van der Waals surface area contributed by atoms with E-state index in [1.165, 1.54) is 0 Å². The third-order valence-electron chi connectivity index (χ3n) is 3.37. The first-order valence-corrected chi connectivity index (χ1v) is 7.07. The Bertz CT molecular complexity index is 589. The molecule has 7 heteroatoms. The van der Waals surface area contributed by atoms with E-state index < -0.39 is 6.03 Å². The van der Waals surface area contributed by atoms with Gasteiger partial charge in [-0.25, -0.2) is 10.2 Å². The van der Waals surface area contributed by atoms with Gasteiger partial charge in [0.2, 0.25) is 0 Å². The summed E-state index contributed by atoms with van der Waals surface area (Å²) in [6.07, 6.45) is 3.19. The molecule has 0 atom stereocenters. The third-order valence-corrected chi connectivity index (χ3v) is 3.37. The number of carbonyl (C=O) groups excluding carboxylic acids is 2. The topological polar surface area (TPSA) is 110 Å². The van der Waals surface area contributed by atoms with Crippen molar-refractivity contribution in [2.75, 3.05) is 6.54 Å². The number of hydrogen-bond acceptors (Lipinski definition) is 4. The zero-order chi connectivity index (χ0) is 15.4. The summed E-state index contributed by atoms with van der Waals surface area (Å²) < 4.78 is 5.70. The van der Waals surface area contributed by atoms with Crippen molar-refractivity contribution in [3.8, 4) is 0 Å². The number of nitrogens with two attached hydrogens (primary N) is 1. The van der Waals surface area contributed by atoms with Gasteiger partial charge in [0.25, 0.3) is 5.91 Å². The Labute approximate surface area is 122 Å². The molecule has 0 fully saturated rings.